The SMILES string of the molecule is Cc1csc(NC(=O)c2cc(-c3cnccc3C)c(C)cn2)n1. The molecule has 0 aromatic carbocycles. The summed E-state index contributed by atoms with van der Waals surface area (Å²) < 4.78 is 0. The first-order valence-electron chi connectivity index (χ1n) is 7.15. The number of aromatic nitrogens is 3. The van der Waals surface area contributed by atoms with Crippen LogP contribution in [-0.4, -0.2) is 20.9 Å². The number of thiazole rings is 1. The lowest BCUT2D eigenvalue weighted by atomic mass is 9.99. The minimum absolute atomic E-state index is 0.262. The third kappa shape index (κ3) is 3.27. The van der Waals surface area contributed by atoms with Gasteiger partial charge in [-0.25, -0.2) is 4.98 Å². The van der Waals surface area contributed by atoms with Crippen molar-refractivity contribution in [3.8, 4) is 11.1 Å². The molecule has 0 spiro atoms. The molecule has 0 aliphatic heterocycles. The summed E-state index contributed by atoms with van der Waals surface area (Å²) in [6.07, 6.45) is 5.28. The van der Waals surface area contributed by atoms with E-state index in [2.05, 4.69) is 20.3 Å². The number of amides is 1. The van der Waals surface area contributed by atoms with Crippen LogP contribution in [0.15, 0.2) is 36.1 Å². The van der Waals surface area contributed by atoms with Crippen LogP contribution in [0.5, 0.6) is 0 Å². The Hall–Kier alpha value is -2.60. The maximum absolute atomic E-state index is 12.4. The Kier molecular flexibility index (Phi) is 4.16. The summed E-state index contributed by atoms with van der Waals surface area (Å²) in [7, 11) is 0. The number of rotatable bonds is 3. The largest absolute Gasteiger partial charge is 0.296 e. The molecule has 0 saturated carbocycles. The molecular weight excluding hydrogens is 308 g/mol. The molecule has 0 fully saturated rings. The van der Waals surface area contributed by atoms with Crippen molar-refractivity contribution >= 4 is 22.4 Å². The van der Waals surface area contributed by atoms with E-state index in [0.717, 1.165) is 27.9 Å². The number of nitrogens with zero attached hydrogens (tertiary/aromatic N) is 3. The normalized spacial score (nSPS) is 10.6. The van der Waals surface area contributed by atoms with Gasteiger partial charge in [0.15, 0.2) is 5.13 Å². The van der Waals surface area contributed by atoms with Crippen LogP contribution in [0.4, 0.5) is 5.13 Å². The minimum Gasteiger partial charge on any atom is -0.296 e. The zero-order chi connectivity index (χ0) is 16.4. The molecule has 3 heterocycles. The topological polar surface area (TPSA) is 67.8 Å². The summed E-state index contributed by atoms with van der Waals surface area (Å²) in [6, 6.07) is 3.75. The van der Waals surface area contributed by atoms with Crippen LogP contribution in [0.25, 0.3) is 11.1 Å². The van der Waals surface area contributed by atoms with Gasteiger partial charge in [-0.15, -0.1) is 11.3 Å². The standard InChI is InChI=1S/C17H16N4OS/c1-10-4-5-18-8-14(10)13-6-15(19-7-11(13)2)16(22)21-17-20-12(3)9-23-17/h4-9H,1-3H3,(H,20,21,22). The van der Waals surface area contributed by atoms with E-state index in [1.807, 2.05) is 38.4 Å². The Morgan fingerprint density at radius 1 is 1.13 bits per heavy atom. The monoisotopic (exact) mass is 324 g/mol. The van der Waals surface area contributed by atoms with Crippen molar-refractivity contribution in [1.29, 1.82) is 0 Å². The number of hydrogen-bond acceptors (Lipinski definition) is 5. The van der Waals surface area contributed by atoms with Crippen molar-refractivity contribution in [3.05, 3.63) is 58.6 Å². The molecule has 0 atom stereocenters. The van der Waals surface area contributed by atoms with Gasteiger partial charge in [-0.05, 0) is 49.6 Å². The summed E-state index contributed by atoms with van der Waals surface area (Å²) in [4.78, 5) is 25.0. The van der Waals surface area contributed by atoms with E-state index in [0.29, 0.717) is 10.8 Å². The van der Waals surface area contributed by atoms with Gasteiger partial charge in [0.2, 0.25) is 0 Å². The summed E-state index contributed by atoms with van der Waals surface area (Å²) in [5.41, 5.74) is 5.33. The van der Waals surface area contributed by atoms with Gasteiger partial charge in [0.25, 0.3) is 5.91 Å². The zero-order valence-corrected chi connectivity index (χ0v) is 13.9. The number of carbonyl (C=O) groups is 1. The second-order valence-electron chi connectivity index (χ2n) is 5.32. The van der Waals surface area contributed by atoms with Gasteiger partial charge >= 0.3 is 0 Å². The summed E-state index contributed by atoms with van der Waals surface area (Å²) >= 11 is 1.40. The first-order valence-corrected chi connectivity index (χ1v) is 8.03. The van der Waals surface area contributed by atoms with E-state index >= 15 is 0 Å². The predicted octanol–water partition coefficient (Wildman–Crippen LogP) is 3.78. The van der Waals surface area contributed by atoms with Gasteiger partial charge in [0, 0.05) is 29.5 Å². The van der Waals surface area contributed by atoms with E-state index in [1.54, 1.807) is 18.5 Å². The van der Waals surface area contributed by atoms with E-state index < -0.39 is 0 Å². The van der Waals surface area contributed by atoms with Crippen molar-refractivity contribution in [1.82, 2.24) is 15.0 Å². The fourth-order valence-electron chi connectivity index (χ4n) is 2.26. The zero-order valence-electron chi connectivity index (χ0n) is 13.1. The smallest absolute Gasteiger partial charge is 0.276 e. The fourth-order valence-corrected chi connectivity index (χ4v) is 2.94. The number of pyridine rings is 2. The van der Waals surface area contributed by atoms with E-state index in [-0.39, 0.29) is 5.91 Å². The Morgan fingerprint density at radius 3 is 2.65 bits per heavy atom. The highest BCUT2D eigenvalue weighted by Gasteiger charge is 2.13. The van der Waals surface area contributed by atoms with Crippen molar-refractivity contribution < 1.29 is 4.79 Å². The van der Waals surface area contributed by atoms with Crippen LogP contribution in [0.1, 0.15) is 27.3 Å². The molecule has 3 aromatic rings. The van der Waals surface area contributed by atoms with E-state index in [1.165, 1.54) is 11.3 Å². The van der Waals surface area contributed by atoms with Crippen LogP contribution in [0, 0.1) is 20.8 Å². The van der Waals surface area contributed by atoms with Crippen LogP contribution in [0.3, 0.4) is 0 Å². The van der Waals surface area contributed by atoms with Crippen molar-refractivity contribution in [3.63, 3.8) is 0 Å². The maximum Gasteiger partial charge on any atom is 0.276 e. The van der Waals surface area contributed by atoms with E-state index in [9.17, 15) is 4.79 Å². The van der Waals surface area contributed by atoms with Gasteiger partial charge in [-0.2, -0.15) is 0 Å². The highest BCUT2D eigenvalue weighted by Crippen LogP contribution is 2.26. The molecule has 0 radical (unpaired) electrons. The molecule has 0 unspecified atom stereocenters. The van der Waals surface area contributed by atoms with Gasteiger partial charge in [-0.3, -0.25) is 20.1 Å². The molecule has 0 bridgehead atoms. The second kappa shape index (κ2) is 6.26. The third-order valence-corrected chi connectivity index (χ3v) is 4.38. The Labute approximate surface area is 138 Å². The molecule has 1 amide bonds. The number of nitrogens with one attached hydrogen (secondary N) is 1. The molecular formula is C17H16N4OS. The Bertz CT molecular complexity index is 873. The number of aryl methyl sites for hydroxylation is 3. The van der Waals surface area contributed by atoms with Crippen LogP contribution in [-0.2, 0) is 0 Å². The molecule has 23 heavy (non-hydrogen) atoms. The first kappa shape index (κ1) is 15.3. The fraction of sp³-hybridized carbons (Fsp3) is 0.176. The lowest BCUT2D eigenvalue weighted by molar-refractivity contribution is 0.102. The molecule has 1 N–H and O–H groups in total. The quantitative estimate of drug-likeness (QED) is 0.796. The Morgan fingerprint density at radius 2 is 1.96 bits per heavy atom. The van der Waals surface area contributed by atoms with Gasteiger partial charge in [-0.1, -0.05) is 0 Å². The lowest BCUT2D eigenvalue weighted by Gasteiger charge is -2.10. The third-order valence-electron chi connectivity index (χ3n) is 3.50. The highest BCUT2D eigenvalue weighted by atomic mass is 32.1. The summed E-state index contributed by atoms with van der Waals surface area (Å²) in [5.74, 6) is -0.262. The van der Waals surface area contributed by atoms with Crippen molar-refractivity contribution in [2.45, 2.75) is 20.8 Å². The molecule has 6 heteroatoms. The molecule has 0 aliphatic carbocycles. The predicted molar refractivity (Wildman–Crippen MR) is 91.7 cm³/mol. The lowest BCUT2D eigenvalue weighted by Crippen LogP contribution is -2.14. The van der Waals surface area contributed by atoms with Gasteiger partial charge < -0.3 is 0 Å². The average Bonchev–Trinajstić information content (AvgIpc) is 2.93. The maximum atomic E-state index is 12.4. The van der Waals surface area contributed by atoms with Crippen LogP contribution < -0.4 is 5.32 Å². The van der Waals surface area contributed by atoms with Crippen LogP contribution >= 0.6 is 11.3 Å². The molecule has 3 rings (SSSR count). The second-order valence-corrected chi connectivity index (χ2v) is 6.18. The number of hydrogen-bond donors (Lipinski definition) is 1. The molecule has 3 aromatic heterocycles. The average molecular weight is 324 g/mol. The minimum atomic E-state index is -0.262. The molecule has 0 aliphatic rings. The Balaban J connectivity index is 1.94. The van der Waals surface area contributed by atoms with Crippen LogP contribution in [0.2, 0.25) is 0 Å². The van der Waals surface area contributed by atoms with Crippen molar-refractivity contribution in [2.75, 3.05) is 5.32 Å². The number of carbonyl (C=O) groups excluding carboxylic acids is 1. The number of anilines is 1. The van der Waals surface area contributed by atoms with Crippen molar-refractivity contribution in [2.24, 2.45) is 0 Å². The summed E-state index contributed by atoms with van der Waals surface area (Å²) in [6.45, 7) is 5.88. The van der Waals surface area contributed by atoms with E-state index in [4.69, 9.17) is 0 Å². The summed E-state index contributed by atoms with van der Waals surface area (Å²) in [5, 5.41) is 5.25. The van der Waals surface area contributed by atoms with Gasteiger partial charge in [0.05, 0.1) is 5.69 Å². The van der Waals surface area contributed by atoms with Gasteiger partial charge in [0.1, 0.15) is 5.69 Å². The molecule has 5 nitrogen and oxygen atoms in total. The first-order chi connectivity index (χ1) is 11.0. The molecule has 0 saturated heterocycles. The highest BCUT2D eigenvalue weighted by molar-refractivity contribution is 7.13. The molecule has 116 valence electrons.